The summed E-state index contributed by atoms with van der Waals surface area (Å²) in [5, 5.41) is 0.711. The first-order chi connectivity index (χ1) is 16.2. The third-order valence-corrected chi connectivity index (χ3v) is 5.90. The maximum Gasteiger partial charge on any atom is 0.340 e. The van der Waals surface area contributed by atoms with Gasteiger partial charge in [0.15, 0.2) is 5.16 Å². The van der Waals surface area contributed by atoms with Gasteiger partial charge in [-0.15, -0.1) is 0 Å². The number of carbonyl (C=O) groups is 3. The molecular formula is C24H27N5O4S. The van der Waals surface area contributed by atoms with Crippen molar-refractivity contribution in [1.29, 1.82) is 0 Å². The molecule has 2 aromatic heterocycles. The Morgan fingerprint density at radius 2 is 1.59 bits per heavy atom. The van der Waals surface area contributed by atoms with E-state index in [1.54, 1.807) is 32.9 Å². The predicted octanol–water partition coefficient (Wildman–Crippen LogP) is 3.58. The van der Waals surface area contributed by atoms with Crippen molar-refractivity contribution in [2.45, 2.75) is 45.5 Å². The Labute approximate surface area is 202 Å². The number of nitrogens with zero attached hydrogens (tertiary/aromatic N) is 2. The minimum Gasteiger partial charge on any atom is -0.462 e. The van der Waals surface area contributed by atoms with Gasteiger partial charge in [0.2, 0.25) is 0 Å². The lowest BCUT2D eigenvalue weighted by atomic mass is 10.1. The standard InChI is InChI=1S/C24H27N5O4S/c1-6-33-23(32)19-15(4)20(27-16(19)5)22(31)29-28-21(30)18-9-7-17(8-10-18)12-34-24-25-13(2)11-14(3)26-24/h7-11,27H,6,12H2,1-5H3,(H,28,30)(H,29,31). The number of hydrazine groups is 1. The summed E-state index contributed by atoms with van der Waals surface area (Å²) < 4.78 is 5.03. The Balaban J connectivity index is 1.57. The van der Waals surface area contributed by atoms with Gasteiger partial charge in [-0.2, -0.15) is 0 Å². The first kappa shape index (κ1) is 25.0. The number of amides is 2. The summed E-state index contributed by atoms with van der Waals surface area (Å²) in [4.78, 5) is 48.8. The average molecular weight is 482 g/mol. The van der Waals surface area contributed by atoms with Crippen LogP contribution in [0.15, 0.2) is 35.5 Å². The summed E-state index contributed by atoms with van der Waals surface area (Å²) >= 11 is 1.52. The Kier molecular flexibility index (Phi) is 8.06. The van der Waals surface area contributed by atoms with E-state index >= 15 is 0 Å². The number of rotatable bonds is 7. The molecule has 0 aliphatic heterocycles. The van der Waals surface area contributed by atoms with Crippen LogP contribution in [0, 0.1) is 27.7 Å². The lowest BCUT2D eigenvalue weighted by Gasteiger charge is -2.08. The molecule has 0 radical (unpaired) electrons. The minimum atomic E-state index is -0.564. The number of aryl methyl sites for hydroxylation is 3. The summed E-state index contributed by atoms with van der Waals surface area (Å²) in [5.41, 5.74) is 9.50. The molecule has 0 aliphatic rings. The number of benzene rings is 1. The maximum atomic E-state index is 12.5. The fourth-order valence-electron chi connectivity index (χ4n) is 3.39. The molecule has 2 heterocycles. The van der Waals surface area contributed by atoms with Gasteiger partial charge < -0.3 is 9.72 Å². The van der Waals surface area contributed by atoms with E-state index in [0.29, 0.717) is 33.3 Å². The second-order valence-electron chi connectivity index (χ2n) is 7.67. The van der Waals surface area contributed by atoms with Gasteiger partial charge in [-0.3, -0.25) is 20.4 Å². The van der Waals surface area contributed by atoms with Crippen LogP contribution < -0.4 is 10.9 Å². The minimum absolute atomic E-state index is 0.182. The molecule has 0 saturated carbocycles. The molecule has 0 atom stereocenters. The second-order valence-corrected chi connectivity index (χ2v) is 8.62. The quantitative estimate of drug-likeness (QED) is 0.204. The van der Waals surface area contributed by atoms with E-state index in [1.165, 1.54) is 11.8 Å². The fourth-order valence-corrected chi connectivity index (χ4v) is 4.30. The zero-order valence-corrected chi connectivity index (χ0v) is 20.6. The van der Waals surface area contributed by atoms with Gasteiger partial charge in [0.05, 0.1) is 12.2 Å². The molecule has 178 valence electrons. The van der Waals surface area contributed by atoms with Crippen LogP contribution >= 0.6 is 11.8 Å². The predicted molar refractivity (Wildman–Crippen MR) is 129 cm³/mol. The van der Waals surface area contributed by atoms with Crippen LogP contribution in [0.4, 0.5) is 0 Å². The molecule has 0 unspecified atom stereocenters. The van der Waals surface area contributed by atoms with Crippen molar-refractivity contribution in [3.63, 3.8) is 0 Å². The first-order valence-corrected chi connectivity index (χ1v) is 11.7. The van der Waals surface area contributed by atoms with E-state index in [-0.39, 0.29) is 12.3 Å². The van der Waals surface area contributed by atoms with Gasteiger partial charge in [-0.25, -0.2) is 14.8 Å². The van der Waals surface area contributed by atoms with Crippen LogP contribution in [0.5, 0.6) is 0 Å². The summed E-state index contributed by atoms with van der Waals surface area (Å²) in [6.45, 7) is 9.14. The number of esters is 1. The Hall–Kier alpha value is -3.66. The van der Waals surface area contributed by atoms with E-state index in [2.05, 4.69) is 25.8 Å². The normalized spacial score (nSPS) is 10.6. The van der Waals surface area contributed by atoms with Crippen LogP contribution in [0.1, 0.15) is 66.3 Å². The van der Waals surface area contributed by atoms with Crippen LogP contribution in [0.25, 0.3) is 0 Å². The molecule has 34 heavy (non-hydrogen) atoms. The molecule has 0 bridgehead atoms. The number of hydrogen-bond acceptors (Lipinski definition) is 7. The smallest absolute Gasteiger partial charge is 0.340 e. The molecule has 1 aromatic carbocycles. The van der Waals surface area contributed by atoms with E-state index in [4.69, 9.17) is 4.74 Å². The van der Waals surface area contributed by atoms with Crippen molar-refractivity contribution >= 4 is 29.5 Å². The highest BCUT2D eigenvalue weighted by Gasteiger charge is 2.23. The molecule has 3 rings (SSSR count). The number of nitrogens with one attached hydrogen (secondary N) is 3. The van der Waals surface area contributed by atoms with Gasteiger partial charge in [0.1, 0.15) is 5.69 Å². The SMILES string of the molecule is CCOC(=O)c1c(C)[nH]c(C(=O)NNC(=O)c2ccc(CSc3nc(C)cc(C)n3)cc2)c1C. The lowest BCUT2D eigenvalue weighted by Crippen LogP contribution is -2.42. The third-order valence-electron chi connectivity index (χ3n) is 4.98. The molecule has 2 amide bonds. The number of ether oxygens (including phenoxy) is 1. The Morgan fingerprint density at radius 1 is 0.971 bits per heavy atom. The van der Waals surface area contributed by atoms with Crippen LogP contribution in [-0.4, -0.2) is 39.3 Å². The number of hydrogen-bond donors (Lipinski definition) is 3. The van der Waals surface area contributed by atoms with Crippen molar-refractivity contribution < 1.29 is 19.1 Å². The largest absolute Gasteiger partial charge is 0.462 e. The topological polar surface area (TPSA) is 126 Å². The van der Waals surface area contributed by atoms with Crippen LogP contribution in [-0.2, 0) is 10.5 Å². The van der Waals surface area contributed by atoms with Crippen molar-refractivity contribution in [3.05, 3.63) is 75.4 Å². The zero-order chi connectivity index (χ0) is 24.8. The van der Waals surface area contributed by atoms with Gasteiger partial charge >= 0.3 is 5.97 Å². The Morgan fingerprint density at radius 3 is 2.21 bits per heavy atom. The summed E-state index contributed by atoms with van der Waals surface area (Å²) in [6.07, 6.45) is 0. The third kappa shape index (κ3) is 6.02. The highest BCUT2D eigenvalue weighted by atomic mass is 32.2. The van der Waals surface area contributed by atoms with Crippen LogP contribution in [0.3, 0.4) is 0 Å². The van der Waals surface area contributed by atoms with Gasteiger partial charge in [0, 0.05) is 28.4 Å². The van der Waals surface area contributed by atoms with E-state index in [9.17, 15) is 14.4 Å². The van der Waals surface area contributed by atoms with E-state index in [1.807, 2.05) is 32.0 Å². The summed E-state index contributed by atoms with van der Waals surface area (Å²) in [5.74, 6) is -0.864. The van der Waals surface area contributed by atoms with Gasteiger partial charge in [-0.1, -0.05) is 23.9 Å². The number of H-pyrrole nitrogens is 1. The molecule has 0 aliphatic carbocycles. The van der Waals surface area contributed by atoms with Crippen LogP contribution in [0.2, 0.25) is 0 Å². The average Bonchev–Trinajstić information content (AvgIpc) is 3.09. The monoisotopic (exact) mass is 481 g/mol. The number of carbonyl (C=O) groups excluding carboxylic acids is 3. The molecule has 3 N–H and O–H groups in total. The molecular weight excluding hydrogens is 454 g/mol. The molecule has 0 spiro atoms. The fraction of sp³-hybridized carbons (Fsp3) is 0.292. The van der Waals surface area contributed by atoms with Crippen molar-refractivity contribution in [3.8, 4) is 0 Å². The first-order valence-electron chi connectivity index (χ1n) is 10.7. The zero-order valence-electron chi connectivity index (χ0n) is 19.7. The summed E-state index contributed by atoms with van der Waals surface area (Å²) in [7, 11) is 0. The molecule has 3 aromatic rings. The second kappa shape index (κ2) is 11.0. The van der Waals surface area contributed by atoms with E-state index < -0.39 is 17.8 Å². The van der Waals surface area contributed by atoms with Gasteiger partial charge in [-0.05, 0) is 63.9 Å². The molecule has 0 saturated heterocycles. The summed E-state index contributed by atoms with van der Waals surface area (Å²) in [6, 6.07) is 8.98. The number of aromatic nitrogens is 3. The van der Waals surface area contributed by atoms with E-state index in [0.717, 1.165) is 17.0 Å². The highest BCUT2D eigenvalue weighted by molar-refractivity contribution is 7.98. The highest BCUT2D eigenvalue weighted by Crippen LogP contribution is 2.21. The number of thioether (sulfide) groups is 1. The number of aromatic amines is 1. The lowest BCUT2D eigenvalue weighted by molar-refractivity contribution is 0.0524. The van der Waals surface area contributed by atoms with Crippen molar-refractivity contribution in [2.24, 2.45) is 0 Å². The van der Waals surface area contributed by atoms with Gasteiger partial charge in [0.25, 0.3) is 11.8 Å². The maximum absolute atomic E-state index is 12.5. The van der Waals surface area contributed by atoms with Crippen molar-refractivity contribution in [1.82, 2.24) is 25.8 Å². The Bertz CT molecular complexity index is 1200. The molecule has 10 heteroatoms. The van der Waals surface area contributed by atoms with Crippen molar-refractivity contribution in [2.75, 3.05) is 6.61 Å². The molecule has 0 fully saturated rings. The molecule has 9 nitrogen and oxygen atoms in total.